The van der Waals surface area contributed by atoms with Crippen LogP contribution in [0.2, 0.25) is 0 Å². The largest absolute Gasteiger partial charge is 0.496 e. The Morgan fingerprint density at radius 3 is 2.86 bits per heavy atom. The fourth-order valence-electron chi connectivity index (χ4n) is 1.86. The Labute approximate surface area is 134 Å². The maximum atomic E-state index is 11.8. The number of ether oxygens (including phenoxy) is 1. The molecule has 0 aliphatic carbocycles. The average molecular weight is 367 g/mol. The van der Waals surface area contributed by atoms with Crippen LogP contribution in [-0.2, 0) is 11.2 Å². The number of aromatic nitrogens is 2. The van der Waals surface area contributed by atoms with E-state index in [1.165, 1.54) is 6.21 Å². The van der Waals surface area contributed by atoms with Crippen molar-refractivity contribution in [3.8, 4) is 5.75 Å². The molecule has 0 bridgehead atoms. The second-order valence-corrected chi connectivity index (χ2v) is 5.45. The summed E-state index contributed by atoms with van der Waals surface area (Å²) in [7, 11) is 1.56. The van der Waals surface area contributed by atoms with Crippen molar-refractivity contribution in [2.24, 2.45) is 5.10 Å². The highest BCUT2D eigenvalue weighted by Gasteiger charge is 2.10. The molecule has 0 saturated heterocycles. The maximum Gasteiger partial charge on any atom is 0.267 e. The number of carbonyl (C=O) groups excluding carboxylic acids is 1. The van der Waals surface area contributed by atoms with E-state index in [0.29, 0.717) is 22.6 Å². The number of carbonyl (C=O) groups is 1. The fourth-order valence-corrected chi connectivity index (χ4v) is 2.24. The van der Waals surface area contributed by atoms with Crippen LogP contribution >= 0.6 is 15.9 Å². The van der Waals surface area contributed by atoms with Gasteiger partial charge in [-0.15, -0.1) is 0 Å². The molecule has 3 N–H and O–H groups in total. The van der Waals surface area contributed by atoms with Crippen LogP contribution in [0.3, 0.4) is 0 Å². The van der Waals surface area contributed by atoms with Crippen LogP contribution in [0.5, 0.6) is 5.75 Å². The second kappa shape index (κ2) is 7.08. The zero-order valence-electron chi connectivity index (χ0n) is 12.1. The van der Waals surface area contributed by atoms with Gasteiger partial charge in [0.15, 0.2) is 0 Å². The molecule has 8 heteroatoms. The third-order valence-electron chi connectivity index (χ3n) is 3.01. The summed E-state index contributed by atoms with van der Waals surface area (Å²) in [6.45, 7) is 1.72. The SMILES string of the molecule is COc1ccc(Br)cc1/C=N\NC(=O)Cc1c(C)[nH][nH]c1=O. The predicted octanol–water partition coefficient (Wildman–Crippen LogP) is 1.48. The molecule has 1 aromatic carbocycles. The van der Waals surface area contributed by atoms with Crippen molar-refractivity contribution < 1.29 is 9.53 Å². The van der Waals surface area contributed by atoms with Gasteiger partial charge in [-0.25, -0.2) is 5.43 Å². The summed E-state index contributed by atoms with van der Waals surface area (Å²) in [5, 5.41) is 8.98. The minimum atomic E-state index is -0.376. The van der Waals surface area contributed by atoms with Gasteiger partial charge in [0.25, 0.3) is 5.56 Å². The summed E-state index contributed by atoms with van der Waals surface area (Å²) in [5.74, 6) is 0.262. The molecule has 1 amide bonds. The lowest BCUT2D eigenvalue weighted by Gasteiger charge is -2.04. The number of benzene rings is 1. The molecule has 0 unspecified atom stereocenters. The number of methoxy groups -OCH3 is 1. The summed E-state index contributed by atoms with van der Waals surface area (Å²) in [6, 6.07) is 5.45. The predicted molar refractivity (Wildman–Crippen MR) is 86.3 cm³/mol. The maximum absolute atomic E-state index is 11.8. The Hall–Kier alpha value is -2.35. The van der Waals surface area contributed by atoms with Gasteiger partial charge in [-0.05, 0) is 25.1 Å². The van der Waals surface area contributed by atoms with E-state index in [1.54, 1.807) is 20.1 Å². The van der Waals surface area contributed by atoms with Crippen molar-refractivity contribution >= 4 is 28.1 Å². The minimum Gasteiger partial charge on any atom is -0.496 e. The standard InChI is InChI=1S/C14H15BrN4O3/c1-8-11(14(21)19-17-8)6-13(20)18-16-7-9-5-10(15)3-4-12(9)22-2/h3-5,7H,6H2,1-2H3,(H,18,20)(H2,17,19,21)/b16-7-. The molecule has 0 fully saturated rings. The lowest BCUT2D eigenvalue weighted by molar-refractivity contribution is -0.120. The molecule has 2 aromatic rings. The smallest absolute Gasteiger partial charge is 0.267 e. The van der Waals surface area contributed by atoms with Crippen molar-refractivity contribution in [2.45, 2.75) is 13.3 Å². The van der Waals surface area contributed by atoms with E-state index in [9.17, 15) is 9.59 Å². The first-order valence-electron chi connectivity index (χ1n) is 6.43. The van der Waals surface area contributed by atoms with Crippen molar-refractivity contribution in [3.63, 3.8) is 0 Å². The van der Waals surface area contributed by atoms with E-state index < -0.39 is 0 Å². The van der Waals surface area contributed by atoms with Crippen LogP contribution < -0.4 is 15.7 Å². The van der Waals surface area contributed by atoms with E-state index in [0.717, 1.165) is 4.47 Å². The second-order valence-electron chi connectivity index (χ2n) is 4.54. The van der Waals surface area contributed by atoms with Gasteiger partial charge in [0.1, 0.15) is 5.75 Å². The molecule has 116 valence electrons. The van der Waals surface area contributed by atoms with Crippen molar-refractivity contribution in [1.29, 1.82) is 0 Å². The number of rotatable bonds is 5. The normalized spacial score (nSPS) is 10.9. The molecule has 22 heavy (non-hydrogen) atoms. The van der Waals surface area contributed by atoms with Gasteiger partial charge in [0.05, 0.1) is 19.7 Å². The van der Waals surface area contributed by atoms with Gasteiger partial charge in [-0.3, -0.25) is 14.7 Å². The van der Waals surface area contributed by atoms with E-state index in [1.807, 2.05) is 12.1 Å². The number of hydrogen-bond donors (Lipinski definition) is 3. The Bertz CT molecular complexity index is 764. The third kappa shape index (κ3) is 3.85. The number of aromatic amines is 2. The van der Waals surface area contributed by atoms with Crippen molar-refractivity contribution in [1.82, 2.24) is 15.6 Å². The summed E-state index contributed by atoms with van der Waals surface area (Å²) in [5.41, 5.74) is 3.84. The van der Waals surface area contributed by atoms with Crippen molar-refractivity contribution in [3.05, 3.63) is 49.8 Å². The van der Waals surface area contributed by atoms with Gasteiger partial charge >= 0.3 is 0 Å². The average Bonchev–Trinajstić information content (AvgIpc) is 2.79. The van der Waals surface area contributed by atoms with Gasteiger partial charge in [0, 0.05) is 21.3 Å². The first kappa shape index (κ1) is 16.0. The highest BCUT2D eigenvalue weighted by molar-refractivity contribution is 9.10. The number of aryl methyl sites for hydroxylation is 1. The molecule has 0 aliphatic heterocycles. The minimum absolute atomic E-state index is 0.0440. The van der Waals surface area contributed by atoms with Crippen molar-refractivity contribution in [2.75, 3.05) is 7.11 Å². The molecule has 1 aromatic heterocycles. The topological polar surface area (TPSA) is 99.3 Å². The van der Waals surface area contributed by atoms with Crippen LogP contribution in [0.15, 0.2) is 32.6 Å². The Kier molecular flexibility index (Phi) is 5.16. The number of H-pyrrole nitrogens is 2. The van der Waals surface area contributed by atoms with Crippen LogP contribution in [-0.4, -0.2) is 29.4 Å². The monoisotopic (exact) mass is 366 g/mol. The lowest BCUT2D eigenvalue weighted by Crippen LogP contribution is -2.23. The molecule has 0 spiro atoms. The number of hydrazone groups is 1. The molecule has 0 saturated carbocycles. The van der Waals surface area contributed by atoms with Gasteiger partial charge in [-0.1, -0.05) is 15.9 Å². The Morgan fingerprint density at radius 1 is 1.45 bits per heavy atom. The first-order chi connectivity index (χ1) is 10.5. The van der Waals surface area contributed by atoms with Crippen LogP contribution in [0, 0.1) is 6.92 Å². The molecule has 0 aliphatic rings. The number of hydrogen-bond acceptors (Lipinski definition) is 4. The highest BCUT2D eigenvalue weighted by Crippen LogP contribution is 2.21. The van der Waals surface area contributed by atoms with Gasteiger partial charge < -0.3 is 9.84 Å². The third-order valence-corrected chi connectivity index (χ3v) is 3.51. The van der Waals surface area contributed by atoms with E-state index in [4.69, 9.17) is 4.74 Å². The molecule has 0 radical (unpaired) electrons. The van der Waals surface area contributed by atoms with Crippen LogP contribution in [0.1, 0.15) is 16.8 Å². The lowest BCUT2D eigenvalue weighted by atomic mass is 10.2. The summed E-state index contributed by atoms with van der Waals surface area (Å²) >= 11 is 3.36. The van der Waals surface area contributed by atoms with Crippen LogP contribution in [0.25, 0.3) is 0 Å². The quantitative estimate of drug-likeness (QED) is 0.551. The zero-order valence-corrected chi connectivity index (χ0v) is 13.7. The van der Waals surface area contributed by atoms with Gasteiger partial charge in [0.2, 0.25) is 5.91 Å². The van der Waals surface area contributed by atoms with Crippen LogP contribution in [0.4, 0.5) is 0 Å². The number of amides is 1. The number of nitrogens with zero attached hydrogens (tertiary/aromatic N) is 1. The first-order valence-corrected chi connectivity index (χ1v) is 7.22. The Balaban J connectivity index is 2.02. The molecule has 0 atom stereocenters. The molecule has 7 nitrogen and oxygen atoms in total. The summed E-state index contributed by atoms with van der Waals surface area (Å²) < 4.78 is 6.07. The molecular formula is C14H15BrN4O3. The summed E-state index contributed by atoms with van der Waals surface area (Å²) in [6.07, 6.45) is 1.44. The van der Waals surface area contributed by atoms with Gasteiger partial charge in [-0.2, -0.15) is 5.10 Å². The Morgan fingerprint density at radius 2 is 2.23 bits per heavy atom. The number of halogens is 1. The van der Waals surface area contributed by atoms with E-state index >= 15 is 0 Å². The molecule has 1 heterocycles. The number of nitrogens with one attached hydrogen (secondary N) is 3. The van der Waals surface area contributed by atoms with E-state index in [-0.39, 0.29) is 17.9 Å². The highest BCUT2D eigenvalue weighted by atomic mass is 79.9. The van der Waals surface area contributed by atoms with E-state index in [2.05, 4.69) is 36.7 Å². The fraction of sp³-hybridized carbons (Fsp3) is 0.214. The molecule has 2 rings (SSSR count). The zero-order chi connectivity index (χ0) is 16.1. The molecular weight excluding hydrogens is 352 g/mol. The summed E-state index contributed by atoms with van der Waals surface area (Å²) in [4.78, 5) is 23.3.